The van der Waals surface area contributed by atoms with Crippen molar-refractivity contribution in [1.29, 1.82) is 0 Å². The van der Waals surface area contributed by atoms with Crippen LogP contribution in [0.2, 0.25) is 5.02 Å². The van der Waals surface area contributed by atoms with E-state index in [2.05, 4.69) is 14.7 Å². The molecule has 4 nitrogen and oxygen atoms in total. The molecule has 88 valence electrons. The minimum absolute atomic E-state index is 0.102. The summed E-state index contributed by atoms with van der Waals surface area (Å²) < 4.78 is 4.64. The highest BCUT2D eigenvalue weighted by Gasteiger charge is 2.13. The highest BCUT2D eigenvalue weighted by molar-refractivity contribution is 6.32. The van der Waals surface area contributed by atoms with Crippen molar-refractivity contribution >= 4 is 28.6 Å². The first-order chi connectivity index (χ1) is 8.11. The fourth-order valence-electron chi connectivity index (χ4n) is 1.58. The Kier molecular flexibility index (Phi) is 3.24. The molecular weight excluding hydrogens is 240 g/mol. The van der Waals surface area contributed by atoms with Gasteiger partial charge in [0.1, 0.15) is 0 Å². The number of esters is 1. The Bertz CT molecular complexity index is 579. The second-order valence-electron chi connectivity index (χ2n) is 3.66. The Balaban J connectivity index is 2.61. The zero-order chi connectivity index (χ0) is 12.4. The highest BCUT2D eigenvalue weighted by Crippen LogP contribution is 2.23. The number of aromatic nitrogens is 2. The molecule has 0 aromatic carbocycles. The van der Waals surface area contributed by atoms with Crippen LogP contribution in [0.15, 0.2) is 18.3 Å². The third kappa shape index (κ3) is 2.36. The first-order valence-electron chi connectivity index (χ1n) is 5.09. The summed E-state index contributed by atoms with van der Waals surface area (Å²) in [5.74, 6) is -0.345. The molecule has 0 fully saturated rings. The van der Waals surface area contributed by atoms with E-state index in [1.807, 2.05) is 19.1 Å². The maximum Gasteiger partial charge on any atom is 0.310 e. The molecule has 0 bridgehead atoms. The van der Waals surface area contributed by atoms with Crippen molar-refractivity contribution in [3.63, 3.8) is 0 Å². The number of hydrogen-bond donors (Lipinski definition) is 0. The molecule has 0 N–H and O–H groups in total. The molecule has 0 spiro atoms. The van der Waals surface area contributed by atoms with E-state index in [9.17, 15) is 4.79 Å². The van der Waals surface area contributed by atoms with Gasteiger partial charge in [-0.05, 0) is 19.1 Å². The van der Waals surface area contributed by atoms with Gasteiger partial charge in [-0.2, -0.15) is 0 Å². The smallest absolute Gasteiger partial charge is 0.310 e. The number of nitrogens with zero attached hydrogens (tertiary/aromatic N) is 2. The molecule has 0 radical (unpaired) electrons. The maximum atomic E-state index is 11.3. The molecule has 2 heterocycles. The van der Waals surface area contributed by atoms with E-state index in [-0.39, 0.29) is 12.4 Å². The lowest BCUT2D eigenvalue weighted by Crippen LogP contribution is -2.06. The van der Waals surface area contributed by atoms with Gasteiger partial charge >= 0.3 is 5.97 Å². The van der Waals surface area contributed by atoms with Crippen LogP contribution in [-0.2, 0) is 16.0 Å². The van der Waals surface area contributed by atoms with Gasteiger partial charge < -0.3 is 4.74 Å². The Hall–Kier alpha value is -1.68. The molecule has 0 aliphatic rings. The summed E-state index contributed by atoms with van der Waals surface area (Å²) in [4.78, 5) is 19.9. The molecule has 0 atom stereocenters. The second-order valence-corrected chi connectivity index (χ2v) is 4.07. The lowest BCUT2D eigenvalue weighted by molar-refractivity contribution is -0.139. The number of rotatable bonds is 2. The molecule has 0 aliphatic heterocycles. The zero-order valence-corrected chi connectivity index (χ0v) is 10.3. The maximum absolute atomic E-state index is 11.3. The lowest BCUT2D eigenvalue weighted by Gasteiger charge is -2.07. The van der Waals surface area contributed by atoms with Crippen LogP contribution in [0, 0.1) is 6.92 Å². The number of carbonyl (C=O) groups excluding carboxylic acids is 1. The van der Waals surface area contributed by atoms with Gasteiger partial charge in [0.05, 0.1) is 29.6 Å². The monoisotopic (exact) mass is 250 g/mol. The molecule has 5 heteroatoms. The van der Waals surface area contributed by atoms with E-state index in [4.69, 9.17) is 11.6 Å². The number of halogens is 1. The Labute approximate surface area is 104 Å². The zero-order valence-electron chi connectivity index (χ0n) is 9.53. The van der Waals surface area contributed by atoms with Crippen molar-refractivity contribution in [2.24, 2.45) is 0 Å². The summed E-state index contributed by atoms with van der Waals surface area (Å²) in [6.07, 6.45) is 1.63. The SMILES string of the molecule is COC(=O)Cc1c(Cl)cnc2ccc(C)nc12. The van der Waals surface area contributed by atoms with Crippen LogP contribution in [0.4, 0.5) is 0 Å². The van der Waals surface area contributed by atoms with Crippen LogP contribution < -0.4 is 0 Å². The average molecular weight is 251 g/mol. The van der Waals surface area contributed by atoms with Gasteiger partial charge in [-0.3, -0.25) is 14.8 Å². The summed E-state index contributed by atoms with van der Waals surface area (Å²) in [7, 11) is 1.35. The van der Waals surface area contributed by atoms with Crippen LogP contribution in [0.3, 0.4) is 0 Å². The average Bonchev–Trinajstić information content (AvgIpc) is 2.32. The number of methoxy groups -OCH3 is 1. The Morgan fingerprint density at radius 1 is 1.47 bits per heavy atom. The predicted molar refractivity (Wildman–Crippen MR) is 65.0 cm³/mol. The van der Waals surface area contributed by atoms with Crippen molar-refractivity contribution in [2.45, 2.75) is 13.3 Å². The molecule has 0 amide bonds. The van der Waals surface area contributed by atoms with Gasteiger partial charge in [0, 0.05) is 17.5 Å². The summed E-state index contributed by atoms with van der Waals surface area (Å²) in [5, 5.41) is 0.431. The molecule has 2 aromatic heterocycles. The quantitative estimate of drug-likeness (QED) is 0.768. The molecule has 0 saturated carbocycles. The van der Waals surface area contributed by atoms with Crippen molar-refractivity contribution in [3.8, 4) is 0 Å². The summed E-state index contributed by atoms with van der Waals surface area (Å²) in [5.41, 5.74) is 2.89. The van der Waals surface area contributed by atoms with E-state index in [1.54, 1.807) is 0 Å². The van der Waals surface area contributed by atoms with Crippen molar-refractivity contribution in [3.05, 3.63) is 34.6 Å². The van der Waals surface area contributed by atoms with Gasteiger partial charge in [0.25, 0.3) is 0 Å². The number of aryl methyl sites for hydroxylation is 1. The molecule has 2 aromatic rings. The van der Waals surface area contributed by atoms with Crippen LogP contribution in [0.5, 0.6) is 0 Å². The number of ether oxygens (including phenoxy) is 1. The van der Waals surface area contributed by atoms with Gasteiger partial charge in [-0.1, -0.05) is 11.6 Å². The number of pyridine rings is 2. The number of carbonyl (C=O) groups is 1. The fourth-order valence-corrected chi connectivity index (χ4v) is 1.78. The number of hydrogen-bond acceptors (Lipinski definition) is 4. The predicted octanol–water partition coefficient (Wildman–Crippen LogP) is 2.31. The van der Waals surface area contributed by atoms with Crippen molar-refractivity contribution in [1.82, 2.24) is 9.97 Å². The van der Waals surface area contributed by atoms with E-state index in [0.29, 0.717) is 16.1 Å². The first-order valence-corrected chi connectivity index (χ1v) is 5.47. The summed E-state index contributed by atoms with van der Waals surface area (Å²) >= 11 is 6.05. The van der Waals surface area contributed by atoms with E-state index < -0.39 is 0 Å². The molecule has 0 unspecified atom stereocenters. The van der Waals surface area contributed by atoms with E-state index >= 15 is 0 Å². The minimum atomic E-state index is -0.345. The highest BCUT2D eigenvalue weighted by atomic mass is 35.5. The van der Waals surface area contributed by atoms with Gasteiger partial charge in [0.2, 0.25) is 0 Å². The van der Waals surface area contributed by atoms with Gasteiger partial charge in [-0.15, -0.1) is 0 Å². The van der Waals surface area contributed by atoms with Crippen LogP contribution in [0.25, 0.3) is 11.0 Å². The fraction of sp³-hybridized carbons (Fsp3) is 0.250. The third-order valence-electron chi connectivity index (χ3n) is 2.45. The standard InChI is InChI=1S/C12H11ClN2O2/c1-7-3-4-10-12(15-7)8(5-11(16)17-2)9(13)6-14-10/h3-4,6H,5H2,1-2H3. The largest absolute Gasteiger partial charge is 0.469 e. The molecule has 0 saturated heterocycles. The van der Waals surface area contributed by atoms with Gasteiger partial charge in [0.15, 0.2) is 0 Å². The Morgan fingerprint density at radius 3 is 2.94 bits per heavy atom. The Morgan fingerprint density at radius 2 is 2.24 bits per heavy atom. The first kappa shape index (κ1) is 11.8. The lowest BCUT2D eigenvalue weighted by atomic mass is 10.1. The minimum Gasteiger partial charge on any atom is -0.469 e. The third-order valence-corrected chi connectivity index (χ3v) is 2.78. The van der Waals surface area contributed by atoms with E-state index in [1.165, 1.54) is 13.3 Å². The van der Waals surface area contributed by atoms with Crippen LogP contribution >= 0.6 is 11.6 Å². The summed E-state index contributed by atoms with van der Waals surface area (Å²) in [6, 6.07) is 3.72. The molecule has 0 aliphatic carbocycles. The molecule has 17 heavy (non-hydrogen) atoms. The summed E-state index contributed by atoms with van der Waals surface area (Å²) in [6.45, 7) is 1.88. The second kappa shape index (κ2) is 4.67. The van der Waals surface area contributed by atoms with E-state index in [0.717, 1.165) is 11.2 Å². The van der Waals surface area contributed by atoms with Crippen LogP contribution in [-0.4, -0.2) is 23.0 Å². The normalized spacial score (nSPS) is 10.5. The topological polar surface area (TPSA) is 52.1 Å². The van der Waals surface area contributed by atoms with Gasteiger partial charge in [-0.25, -0.2) is 0 Å². The molecular formula is C12H11ClN2O2. The van der Waals surface area contributed by atoms with Crippen molar-refractivity contribution in [2.75, 3.05) is 7.11 Å². The number of fused-ring (bicyclic) bond motifs is 1. The van der Waals surface area contributed by atoms with Crippen LogP contribution in [0.1, 0.15) is 11.3 Å². The molecule has 2 rings (SSSR count). The van der Waals surface area contributed by atoms with Crippen molar-refractivity contribution < 1.29 is 9.53 Å².